The Hall–Kier alpha value is -0.180. The van der Waals surface area contributed by atoms with Crippen molar-refractivity contribution in [2.45, 2.75) is 19.8 Å². The Kier molecular flexibility index (Phi) is 6.25. The molecule has 0 unspecified atom stereocenters. The Morgan fingerprint density at radius 2 is 2.12 bits per heavy atom. The Bertz CT molecular complexity index is 366. The summed E-state index contributed by atoms with van der Waals surface area (Å²) in [4.78, 5) is 11.6. The molecule has 1 aromatic carbocycles. The van der Waals surface area contributed by atoms with Crippen LogP contribution in [-0.2, 0) is 11.2 Å². The molecular formula is C12H14Cl2OS. The molecule has 0 atom stereocenters. The number of carbonyl (C=O) groups is 1. The first-order valence-corrected chi connectivity index (χ1v) is 7.08. The van der Waals surface area contributed by atoms with Crippen LogP contribution in [0.2, 0.25) is 10.0 Å². The molecule has 0 aliphatic carbocycles. The molecule has 1 rings (SSSR count). The van der Waals surface area contributed by atoms with E-state index in [9.17, 15) is 4.79 Å². The molecular weight excluding hydrogens is 263 g/mol. The van der Waals surface area contributed by atoms with Gasteiger partial charge in [0, 0.05) is 16.5 Å². The summed E-state index contributed by atoms with van der Waals surface area (Å²) in [6.07, 6.45) is 1.46. The van der Waals surface area contributed by atoms with Gasteiger partial charge in [-0.05, 0) is 35.9 Å². The molecule has 0 aliphatic rings. The lowest BCUT2D eigenvalue weighted by atomic mass is 10.1. The third-order valence-corrected chi connectivity index (χ3v) is 3.83. The van der Waals surface area contributed by atoms with E-state index < -0.39 is 0 Å². The molecule has 0 saturated heterocycles. The summed E-state index contributed by atoms with van der Waals surface area (Å²) >= 11 is 13.5. The summed E-state index contributed by atoms with van der Waals surface area (Å²) in [7, 11) is 0. The van der Waals surface area contributed by atoms with Gasteiger partial charge in [-0.1, -0.05) is 30.1 Å². The zero-order chi connectivity index (χ0) is 12.0. The zero-order valence-corrected chi connectivity index (χ0v) is 11.5. The fourth-order valence-corrected chi connectivity index (χ4v) is 2.41. The largest absolute Gasteiger partial charge is 0.298 e. The van der Waals surface area contributed by atoms with Crippen LogP contribution in [0.4, 0.5) is 0 Å². The molecule has 0 radical (unpaired) electrons. The summed E-state index contributed by atoms with van der Waals surface area (Å²) in [6.45, 7) is 2.10. The fraction of sp³-hybridized carbons (Fsp3) is 0.417. The van der Waals surface area contributed by atoms with Crippen LogP contribution < -0.4 is 0 Å². The Morgan fingerprint density at radius 1 is 1.38 bits per heavy atom. The van der Waals surface area contributed by atoms with Crippen molar-refractivity contribution in [1.82, 2.24) is 0 Å². The van der Waals surface area contributed by atoms with Crippen LogP contribution in [0, 0.1) is 0 Å². The van der Waals surface area contributed by atoms with Crippen LogP contribution >= 0.6 is 35.0 Å². The number of halogens is 2. The zero-order valence-electron chi connectivity index (χ0n) is 9.13. The van der Waals surface area contributed by atoms with E-state index in [-0.39, 0.29) is 5.78 Å². The van der Waals surface area contributed by atoms with Crippen LogP contribution in [0.25, 0.3) is 0 Å². The molecule has 1 nitrogen and oxygen atoms in total. The average molecular weight is 277 g/mol. The number of hydrogen-bond acceptors (Lipinski definition) is 2. The van der Waals surface area contributed by atoms with E-state index >= 15 is 0 Å². The molecule has 0 aliphatic heterocycles. The van der Waals surface area contributed by atoms with Crippen molar-refractivity contribution < 1.29 is 4.79 Å². The van der Waals surface area contributed by atoms with Gasteiger partial charge in [0.2, 0.25) is 0 Å². The second-order valence-corrected chi connectivity index (χ2v) is 5.45. The highest BCUT2D eigenvalue weighted by molar-refractivity contribution is 7.99. The van der Waals surface area contributed by atoms with Crippen LogP contribution in [0.5, 0.6) is 0 Å². The normalized spacial score (nSPS) is 10.4. The lowest BCUT2D eigenvalue weighted by Gasteiger charge is -2.04. The van der Waals surface area contributed by atoms with E-state index in [0.29, 0.717) is 22.2 Å². The molecule has 4 heteroatoms. The molecule has 88 valence electrons. The van der Waals surface area contributed by atoms with Crippen molar-refractivity contribution in [2.24, 2.45) is 0 Å². The minimum Gasteiger partial charge on any atom is -0.298 e. The molecule has 1 aromatic rings. The van der Waals surface area contributed by atoms with Crippen molar-refractivity contribution in [3.8, 4) is 0 Å². The highest BCUT2D eigenvalue weighted by atomic mass is 35.5. The maximum atomic E-state index is 11.6. The molecule has 0 aromatic heterocycles. The van der Waals surface area contributed by atoms with Crippen LogP contribution in [0.1, 0.15) is 18.9 Å². The molecule has 0 fully saturated rings. The number of hydrogen-bond donors (Lipinski definition) is 0. The number of carbonyl (C=O) groups excluding carboxylic acids is 1. The number of Topliss-reactive ketones (excluding diaryl/α,β-unsaturated/α-hetero) is 1. The number of rotatable bonds is 6. The van der Waals surface area contributed by atoms with Crippen molar-refractivity contribution >= 4 is 40.7 Å². The van der Waals surface area contributed by atoms with Gasteiger partial charge < -0.3 is 0 Å². The Morgan fingerprint density at radius 3 is 2.81 bits per heavy atom. The summed E-state index contributed by atoms with van der Waals surface area (Å²) < 4.78 is 0. The van der Waals surface area contributed by atoms with Gasteiger partial charge in [-0.2, -0.15) is 11.8 Å². The number of benzene rings is 1. The fourth-order valence-electron chi connectivity index (χ4n) is 1.27. The molecule has 0 spiro atoms. The Balaban J connectivity index is 2.52. The minimum atomic E-state index is 0.197. The molecule has 0 saturated carbocycles. The maximum absolute atomic E-state index is 11.6. The number of ketones is 1. The standard InChI is InChI=1S/C12H14Cl2OS/c1-2-5-16-8-11(15)7-9-6-10(13)3-4-12(9)14/h3-4,6H,2,5,7-8H2,1H3. The van der Waals surface area contributed by atoms with Gasteiger partial charge in [0.05, 0.1) is 5.75 Å². The van der Waals surface area contributed by atoms with Gasteiger partial charge in [0.1, 0.15) is 5.78 Å². The quantitative estimate of drug-likeness (QED) is 0.723. The SMILES string of the molecule is CCCSCC(=O)Cc1cc(Cl)ccc1Cl. The lowest BCUT2D eigenvalue weighted by Crippen LogP contribution is -2.06. The maximum Gasteiger partial charge on any atom is 0.147 e. The second kappa shape index (κ2) is 7.21. The van der Waals surface area contributed by atoms with E-state index in [2.05, 4.69) is 6.92 Å². The smallest absolute Gasteiger partial charge is 0.147 e. The van der Waals surface area contributed by atoms with Crippen LogP contribution in [0.3, 0.4) is 0 Å². The minimum absolute atomic E-state index is 0.197. The predicted molar refractivity (Wildman–Crippen MR) is 72.8 cm³/mol. The van der Waals surface area contributed by atoms with Gasteiger partial charge in [0.15, 0.2) is 0 Å². The van der Waals surface area contributed by atoms with Gasteiger partial charge >= 0.3 is 0 Å². The van der Waals surface area contributed by atoms with Gasteiger partial charge in [-0.25, -0.2) is 0 Å². The van der Waals surface area contributed by atoms with Crippen LogP contribution in [0.15, 0.2) is 18.2 Å². The predicted octanol–water partition coefficient (Wildman–Crippen LogP) is 4.25. The molecule has 0 heterocycles. The lowest BCUT2D eigenvalue weighted by molar-refractivity contribution is -0.116. The second-order valence-electron chi connectivity index (χ2n) is 3.50. The van der Waals surface area contributed by atoms with Crippen molar-refractivity contribution in [1.29, 1.82) is 0 Å². The first-order chi connectivity index (χ1) is 7.63. The van der Waals surface area contributed by atoms with Crippen molar-refractivity contribution in [3.05, 3.63) is 33.8 Å². The van der Waals surface area contributed by atoms with E-state index in [1.54, 1.807) is 30.0 Å². The summed E-state index contributed by atoms with van der Waals surface area (Å²) in [5.41, 5.74) is 0.816. The molecule has 16 heavy (non-hydrogen) atoms. The highest BCUT2D eigenvalue weighted by Crippen LogP contribution is 2.21. The van der Waals surface area contributed by atoms with Gasteiger partial charge in [0.25, 0.3) is 0 Å². The van der Waals surface area contributed by atoms with Gasteiger partial charge in [-0.3, -0.25) is 4.79 Å². The summed E-state index contributed by atoms with van der Waals surface area (Å²) in [5.74, 6) is 1.77. The first kappa shape index (κ1) is 13.9. The van der Waals surface area contributed by atoms with E-state index in [1.807, 2.05) is 0 Å². The monoisotopic (exact) mass is 276 g/mol. The summed E-state index contributed by atoms with van der Waals surface area (Å²) in [6, 6.07) is 5.21. The van der Waals surface area contributed by atoms with E-state index in [0.717, 1.165) is 17.7 Å². The molecule has 0 amide bonds. The summed E-state index contributed by atoms with van der Waals surface area (Å²) in [5, 5.41) is 1.23. The third-order valence-electron chi connectivity index (χ3n) is 2.01. The molecule has 0 bridgehead atoms. The Labute approximate surface area is 111 Å². The number of thioether (sulfide) groups is 1. The third kappa shape index (κ3) is 4.77. The van der Waals surface area contributed by atoms with Gasteiger partial charge in [-0.15, -0.1) is 0 Å². The van der Waals surface area contributed by atoms with E-state index in [1.165, 1.54) is 0 Å². The van der Waals surface area contributed by atoms with E-state index in [4.69, 9.17) is 23.2 Å². The molecule has 0 N–H and O–H groups in total. The average Bonchev–Trinajstić information content (AvgIpc) is 2.24. The van der Waals surface area contributed by atoms with Crippen molar-refractivity contribution in [2.75, 3.05) is 11.5 Å². The van der Waals surface area contributed by atoms with Crippen molar-refractivity contribution in [3.63, 3.8) is 0 Å². The topological polar surface area (TPSA) is 17.1 Å². The highest BCUT2D eigenvalue weighted by Gasteiger charge is 2.07. The van der Waals surface area contributed by atoms with Crippen LogP contribution in [-0.4, -0.2) is 17.3 Å². The first-order valence-electron chi connectivity index (χ1n) is 5.17.